The Bertz CT molecular complexity index is 166. The zero-order valence-electron chi connectivity index (χ0n) is 10.8. The van der Waals surface area contributed by atoms with Crippen LogP contribution in [0.15, 0.2) is 0 Å². The maximum absolute atomic E-state index is 5.98. The molecule has 2 nitrogen and oxygen atoms in total. The molecule has 0 aromatic carbocycles. The third kappa shape index (κ3) is 6.16. The number of hydrogen-bond donors (Lipinski definition) is 1. The number of nitrogens with two attached hydrogens (primary N) is 1. The molecule has 15 heavy (non-hydrogen) atoms. The average molecular weight is 212 g/mol. The Morgan fingerprint density at radius 1 is 1.20 bits per heavy atom. The van der Waals surface area contributed by atoms with E-state index in [4.69, 9.17) is 5.73 Å². The molecule has 0 spiro atoms. The lowest BCUT2D eigenvalue weighted by Gasteiger charge is -2.24. The van der Waals surface area contributed by atoms with Crippen molar-refractivity contribution in [3.8, 4) is 0 Å². The van der Waals surface area contributed by atoms with E-state index < -0.39 is 0 Å². The van der Waals surface area contributed by atoms with Crippen LogP contribution in [0.1, 0.15) is 52.4 Å². The summed E-state index contributed by atoms with van der Waals surface area (Å²) in [5.74, 6) is 1.01. The zero-order chi connectivity index (χ0) is 11.3. The largest absolute Gasteiger partial charge is 0.326 e. The Morgan fingerprint density at radius 2 is 1.80 bits per heavy atom. The van der Waals surface area contributed by atoms with Gasteiger partial charge < -0.3 is 10.6 Å². The van der Waals surface area contributed by atoms with Gasteiger partial charge in [-0.2, -0.15) is 0 Å². The van der Waals surface area contributed by atoms with Crippen LogP contribution in [0.25, 0.3) is 0 Å². The van der Waals surface area contributed by atoms with Crippen molar-refractivity contribution < 1.29 is 0 Å². The highest BCUT2D eigenvalue weighted by Gasteiger charge is 2.16. The van der Waals surface area contributed by atoms with Crippen molar-refractivity contribution in [2.45, 2.75) is 57.9 Å². The van der Waals surface area contributed by atoms with Crippen molar-refractivity contribution in [3.63, 3.8) is 0 Å². The first kappa shape index (κ1) is 13.0. The van der Waals surface area contributed by atoms with Crippen LogP contribution in [0.2, 0.25) is 0 Å². The van der Waals surface area contributed by atoms with Crippen LogP contribution in [0.4, 0.5) is 0 Å². The summed E-state index contributed by atoms with van der Waals surface area (Å²) in [5, 5.41) is 0. The SMILES string of the molecule is CN(CCC1CCCC1)CCC(C)(C)N. The topological polar surface area (TPSA) is 29.3 Å². The molecule has 1 aliphatic carbocycles. The van der Waals surface area contributed by atoms with E-state index in [1.54, 1.807) is 0 Å². The van der Waals surface area contributed by atoms with Gasteiger partial charge in [0, 0.05) is 5.54 Å². The third-order valence-electron chi connectivity index (χ3n) is 3.53. The van der Waals surface area contributed by atoms with Gasteiger partial charge in [0.2, 0.25) is 0 Å². The smallest absolute Gasteiger partial charge is 0.0109 e. The highest BCUT2D eigenvalue weighted by Crippen LogP contribution is 2.27. The minimum Gasteiger partial charge on any atom is -0.326 e. The summed E-state index contributed by atoms with van der Waals surface area (Å²) in [4.78, 5) is 2.44. The molecule has 0 amide bonds. The minimum absolute atomic E-state index is 0.0123. The zero-order valence-corrected chi connectivity index (χ0v) is 10.8. The Hall–Kier alpha value is -0.0800. The van der Waals surface area contributed by atoms with Crippen LogP contribution >= 0.6 is 0 Å². The molecular weight excluding hydrogens is 184 g/mol. The van der Waals surface area contributed by atoms with Crippen molar-refractivity contribution in [1.29, 1.82) is 0 Å². The van der Waals surface area contributed by atoms with Crippen LogP contribution in [-0.2, 0) is 0 Å². The molecule has 1 rings (SSSR count). The first-order chi connectivity index (χ1) is 6.97. The summed E-state index contributed by atoms with van der Waals surface area (Å²) in [7, 11) is 2.22. The molecule has 90 valence electrons. The van der Waals surface area contributed by atoms with E-state index in [1.165, 1.54) is 38.6 Å². The van der Waals surface area contributed by atoms with Gasteiger partial charge in [0.1, 0.15) is 0 Å². The van der Waals surface area contributed by atoms with Gasteiger partial charge in [-0.15, -0.1) is 0 Å². The molecule has 1 fully saturated rings. The van der Waals surface area contributed by atoms with Crippen molar-refractivity contribution in [2.24, 2.45) is 11.7 Å². The number of nitrogens with zero attached hydrogens (tertiary/aromatic N) is 1. The molecule has 0 aromatic rings. The van der Waals surface area contributed by atoms with Gasteiger partial charge >= 0.3 is 0 Å². The molecule has 0 atom stereocenters. The van der Waals surface area contributed by atoms with Crippen LogP contribution in [0.3, 0.4) is 0 Å². The minimum atomic E-state index is -0.0123. The summed E-state index contributed by atoms with van der Waals surface area (Å²) < 4.78 is 0. The summed E-state index contributed by atoms with van der Waals surface area (Å²) in [5.41, 5.74) is 5.96. The molecule has 2 heteroatoms. The first-order valence-corrected chi connectivity index (χ1v) is 6.45. The fourth-order valence-electron chi connectivity index (χ4n) is 2.29. The lowest BCUT2D eigenvalue weighted by molar-refractivity contribution is 0.273. The number of rotatable bonds is 6. The second-order valence-corrected chi connectivity index (χ2v) is 5.98. The van der Waals surface area contributed by atoms with Crippen molar-refractivity contribution in [2.75, 3.05) is 20.1 Å². The Balaban J connectivity index is 2.05. The summed E-state index contributed by atoms with van der Waals surface area (Å²) in [6.45, 7) is 6.60. The molecular formula is C13H28N2. The summed E-state index contributed by atoms with van der Waals surface area (Å²) >= 11 is 0. The van der Waals surface area contributed by atoms with Crippen LogP contribution in [0, 0.1) is 5.92 Å². The second-order valence-electron chi connectivity index (χ2n) is 5.98. The first-order valence-electron chi connectivity index (χ1n) is 6.45. The van der Waals surface area contributed by atoms with Gasteiger partial charge in [0.05, 0.1) is 0 Å². The fraction of sp³-hybridized carbons (Fsp3) is 1.00. The number of hydrogen-bond acceptors (Lipinski definition) is 2. The standard InChI is InChI=1S/C13H28N2/c1-13(2,14)9-11-15(3)10-8-12-6-4-5-7-12/h12H,4-11,14H2,1-3H3. The lowest BCUT2D eigenvalue weighted by Crippen LogP contribution is -2.36. The van der Waals surface area contributed by atoms with Crippen molar-refractivity contribution >= 4 is 0 Å². The molecule has 1 saturated carbocycles. The van der Waals surface area contributed by atoms with E-state index in [2.05, 4.69) is 25.8 Å². The predicted molar refractivity (Wildman–Crippen MR) is 67.0 cm³/mol. The van der Waals surface area contributed by atoms with Crippen LogP contribution in [-0.4, -0.2) is 30.6 Å². The van der Waals surface area contributed by atoms with Gasteiger partial charge in [-0.3, -0.25) is 0 Å². The molecule has 0 radical (unpaired) electrons. The Kier molecular flexibility index (Phi) is 5.07. The van der Waals surface area contributed by atoms with E-state index in [1.807, 2.05) is 0 Å². The maximum atomic E-state index is 5.98. The predicted octanol–water partition coefficient (Wildman–Crippen LogP) is 2.63. The molecule has 1 aliphatic rings. The van der Waals surface area contributed by atoms with Crippen LogP contribution in [0.5, 0.6) is 0 Å². The van der Waals surface area contributed by atoms with Gasteiger partial charge in [-0.05, 0) is 52.7 Å². The van der Waals surface area contributed by atoms with Crippen molar-refractivity contribution in [1.82, 2.24) is 4.90 Å². The average Bonchev–Trinajstić information content (AvgIpc) is 2.62. The Morgan fingerprint density at radius 3 is 2.33 bits per heavy atom. The normalized spacial score (nSPS) is 19.0. The van der Waals surface area contributed by atoms with E-state index in [-0.39, 0.29) is 5.54 Å². The summed E-state index contributed by atoms with van der Waals surface area (Å²) in [6, 6.07) is 0. The third-order valence-corrected chi connectivity index (χ3v) is 3.53. The van der Waals surface area contributed by atoms with E-state index in [0.29, 0.717) is 0 Å². The monoisotopic (exact) mass is 212 g/mol. The van der Waals surface area contributed by atoms with Gasteiger partial charge in [0.15, 0.2) is 0 Å². The molecule has 0 saturated heterocycles. The fourth-order valence-corrected chi connectivity index (χ4v) is 2.29. The molecule has 0 aromatic heterocycles. The molecule has 0 aliphatic heterocycles. The van der Waals surface area contributed by atoms with Crippen molar-refractivity contribution in [3.05, 3.63) is 0 Å². The molecule has 0 unspecified atom stereocenters. The van der Waals surface area contributed by atoms with E-state index >= 15 is 0 Å². The highest BCUT2D eigenvalue weighted by molar-refractivity contribution is 4.74. The Labute approximate surface area is 95.2 Å². The molecule has 0 bridgehead atoms. The quantitative estimate of drug-likeness (QED) is 0.733. The van der Waals surface area contributed by atoms with E-state index in [0.717, 1.165) is 18.9 Å². The lowest BCUT2D eigenvalue weighted by atomic mass is 10.0. The maximum Gasteiger partial charge on any atom is 0.0109 e. The van der Waals surface area contributed by atoms with Gasteiger partial charge in [-0.1, -0.05) is 25.7 Å². The van der Waals surface area contributed by atoms with Crippen LogP contribution < -0.4 is 5.73 Å². The second kappa shape index (κ2) is 5.86. The van der Waals surface area contributed by atoms with E-state index in [9.17, 15) is 0 Å². The highest BCUT2D eigenvalue weighted by atomic mass is 15.1. The van der Waals surface area contributed by atoms with Gasteiger partial charge in [0.25, 0.3) is 0 Å². The van der Waals surface area contributed by atoms with Gasteiger partial charge in [-0.25, -0.2) is 0 Å². The molecule has 0 heterocycles. The molecule has 2 N–H and O–H groups in total. The summed E-state index contributed by atoms with van der Waals surface area (Å²) in [6.07, 6.45) is 8.34.